The van der Waals surface area contributed by atoms with Crippen molar-refractivity contribution in [1.29, 1.82) is 0 Å². The number of nitrogens with zero attached hydrogens (tertiary/aromatic N) is 2. The second-order valence-electron chi connectivity index (χ2n) is 14.2. The number of aryl methyl sites for hydroxylation is 1. The van der Waals surface area contributed by atoms with Crippen LogP contribution >= 0.6 is 11.8 Å². The van der Waals surface area contributed by atoms with Gasteiger partial charge in [-0.25, -0.2) is 9.18 Å². The van der Waals surface area contributed by atoms with Crippen molar-refractivity contribution >= 4 is 23.4 Å². The SMILES string of the molecule is CSCc1nc(C)c(C(OC(C)(C)C)C(=O)OC(C)C)c(N2CCC(C)(C)CC2)c1-c1ccc(OCCc2ccc(F)cc2)cc1. The number of hydrogen-bond acceptors (Lipinski definition) is 7. The highest BCUT2D eigenvalue weighted by molar-refractivity contribution is 7.97. The Morgan fingerprint density at radius 2 is 1.67 bits per heavy atom. The lowest BCUT2D eigenvalue weighted by atomic mass is 9.81. The molecule has 1 saturated heterocycles. The Morgan fingerprint density at radius 1 is 1.04 bits per heavy atom. The van der Waals surface area contributed by atoms with E-state index in [4.69, 9.17) is 19.2 Å². The fourth-order valence-corrected chi connectivity index (χ4v) is 6.29. The van der Waals surface area contributed by atoms with Gasteiger partial charge in [-0.2, -0.15) is 11.8 Å². The van der Waals surface area contributed by atoms with Crippen LogP contribution in [0.3, 0.4) is 0 Å². The minimum atomic E-state index is -0.934. The smallest absolute Gasteiger partial charge is 0.340 e. The number of thioether (sulfide) groups is 1. The van der Waals surface area contributed by atoms with Crippen LogP contribution in [0, 0.1) is 18.2 Å². The Kier molecular flexibility index (Phi) is 11.8. The van der Waals surface area contributed by atoms with Crippen LogP contribution in [0.25, 0.3) is 11.1 Å². The molecule has 1 aliphatic heterocycles. The number of pyridine rings is 1. The highest BCUT2D eigenvalue weighted by Crippen LogP contribution is 2.46. The van der Waals surface area contributed by atoms with Gasteiger partial charge in [0, 0.05) is 42.1 Å². The summed E-state index contributed by atoms with van der Waals surface area (Å²) in [6.07, 6.45) is 3.62. The molecular weight excluding hydrogens is 599 g/mol. The van der Waals surface area contributed by atoms with Crippen LogP contribution in [0.2, 0.25) is 0 Å². The average Bonchev–Trinajstić information content (AvgIpc) is 2.97. The van der Waals surface area contributed by atoms with Crippen molar-refractivity contribution in [3.63, 3.8) is 0 Å². The van der Waals surface area contributed by atoms with Gasteiger partial charge in [0.25, 0.3) is 0 Å². The lowest BCUT2D eigenvalue weighted by Gasteiger charge is -2.41. The van der Waals surface area contributed by atoms with Gasteiger partial charge < -0.3 is 19.1 Å². The first-order chi connectivity index (χ1) is 21.7. The monoisotopic (exact) mass is 650 g/mol. The molecule has 46 heavy (non-hydrogen) atoms. The number of aromatic nitrogens is 1. The zero-order valence-corrected chi connectivity index (χ0v) is 29.9. The predicted octanol–water partition coefficient (Wildman–Crippen LogP) is 9.11. The van der Waals surface area contributed by atoms with Gasteiger partial charge in [0.05, 0.1) is 29.7 Å². The van der Waals surface area contributed by atoms with Crippen molar-refractivity contribution in [2.45, 2.75) is 98.2 Å². The zero-order chi connectivity index (χ0) is 33.6. The molecule has 2 aromatic carbocycles. The maximum absolute atomic E-state index is 13.8. The van der Waals surface area contributed by atoms with Crippen molar-refractivity contribution in [3.8, 4) is 16.9 Å². The highest BCUT2D eigenvalue weighted by atomic mass is 32.2. The minimum Gasteiger partial charge on any atom is -0.493 e. The molecule has 0 aliphatic carbocycles. The van der Waals surface area contributed by atoms with Crippen LogP contribution in [0.1, 0.15) is 89.9 Å². The Balaban J connectivity index is 1.81. The Hall–Kier alpha value is -3.10. The first-order valence-electron chi connectivity index (χ1n) is 16.3. The topological polar surface area (TPSA) is 60.9 Å². The number of carbonyl (C=O) groups excluding carboxylic acids is 1. The summed E-state index contributed by atoms with van der Waals surface area (Å²) in [7, 11) is 0. The lowest BCUT2D eigenvalue weighted by Crippen LogP contribution is -2.39. The molecule has 1 atom stereocenters. The van der Waals surface area contributed by atoms with Crippen molar-refractivity contribution < 1.29 is 23.4 Å². The normalized spacial score (nSPS) is 15.6. The standard InChI is InChI=1S/C38H51FN2O4S/c1-25(2)44-36(42)35(45-37(4,5)6)32-26(3)40-31(24-46-9)33(34(32)41-21-19-38(7,8)20-22-41)28-12-16-30(17-13-28)43-23-18-27-10-14-29(39)15-11-27/h10-17,25,35H,18-24H2,1-9H3. The molecule has 0 spiro atoms. The molecule has 250 valence electrons. The van der Waals surface area contributed by atoms with E-state index in [0.29, 0.717) is 13.0 Å². The second-order valence-corrected chi connectivity index (χ2v) is 15.1. The van der Waals surface area contributed by atoms with Gasteiger partial charge in [0.2, 0.25) is 0 Å². The van der Waals surface area contributed by atoms with Gasteiger partial charge in [-0.3, -0.25) is 4.98 Å². The van der Waals surface area contributed by atoms with E-state index in [-0.39, 0.29) is 17.3 Å². The third-order valence-electron chi connectivity index (χ3n) is 8.20. The summed E-state index contributed by atoms with van der Waals surface area (Å²) in [5.74, 6) is 0.839. The summed E-state index contributed by atoms with van der Waals surface area (Å²) >= 11 is 1.73. The summed E-state index contributed by atoms with van der Waals surface area (Å²) in [5, 5.41) is 0. The maximum Gasteiger partial charge on any atom is 0.340 e. The molecule has 8 heteroatoms. The fraction of sp³-hybridized carbons (Fsp3) is 0.526. The molecular formula is C38H51FN2O4S. The van der Waals surface area contributed by atoms with Gasteiger partial charge >= 0.3 is 5.97 Å². The van der Waals surface area contributed by atoms with E-state index in [1.807, 2.05) is 53.7 Å². The molecule has 6 nitrogen and oxygen atoms in total. The number of ether oxygens (including phenoxy) is 3. The van der Waals surface area contributed by atoms with E-state index in [1.54, 1.807) is 23.9 Å². The van der Waals surface area contributed by atoms with Crippen molar-refractivity contribution in [2.24, 2.45) is 5.41 Å². The lowest BCUT2D eigenvalue weighted by molar-refractivity contribution is -0.171. The number of hydrogen-bond donors (Lipinski definition) is 0. The van der Waals surface area contributed by atoms with Crippen LogP contribution in [0.5, 0.6) is 5.75 Å². The number of anilines is 1. The van der Waals surface area contributed by atoms with Crippen molar-refractivity contribution in [2.75, 3.05) is 30.9 Å². The molecule has 4 rings (SSSR count). The third-order valence-corrected chi connectivity index (χ3v) is 8.76. The largest absolute Gasteiger partial charge is 0.493 e. The van der Waals surface area contributed by atoms with E-state index in [1.165, 1.54) is 12.1 Å². The molecule has 0 bridgehead atoms. The van der Waals surface area contributed by atoms with Gasteiger partial charge in [-0.05, 0) is 101 Å². The fourth-order valence-electron chi connectivity index (χ4n) is 5.81. The Bertz CT molecular complexity index is 1460. The number of carbonyl (C=O) groups is 1. The van der Waals surface area contributed by atoms with Crippen LogP contribution in [-0.2, 0) is 26.4 Å². The predicted molar refractivity (Wildman–Crippen MR) is 187 cm³/mol. The number of halogens is 1. The Morgan fingerprint density at radius 3 is 2.24 bits per heavy atom. The maximum atomic E-state index is 13.8. The molecule has 0 N–H and O–H groups in total. The van der Waals surface area contributed by atoms with E-state index >= 15 is 0 Å². The summed E-state index contributed by atoms with van der Waals surface area (Å²) in [5.41, 5.74) is 6.24. The van der Waals surface area contributed by atoms with E-state index in [2.05, 4.69) is 37.1 Å². The molecule has 0 saturated carbocycles. The van der Waals surface area contributed by atoms with Crippen LogP contribution in [-0.4, -0.2) is 48.6 Å². The second kappa shape index (κ2) is 15.2. The highest BCUT2D eigenvalue weighted by Gasteiger charge is 2.38. The summed E-state index contributed by atoms with van der Waals surface area (Å²) in [6.45, 7) is 18.5. The molecule has 1 unspecified atom stereocenters. The zero-order valence-electron chi connectivity index (χ0n) is 29.0. The van der Waals surface area contributed by atoms with E-state index < -0.39 is 17.7 Å². The number of esters is 1. The molecule has 1 fully saturated rings. The van der Waals surface area contributed by atoms with E-state index in [9.17, 15) is 9.18 Å². The summed E-state index contributed by atoms with van der Waals surface area (Å²) in [4.78, 5) is 21.4. The quantitative estimate of drug-likeness (QED) is 0.181. The molecule has 2 heterocycles. The third kappa shape index (κ3) is 9.47. The molecule has 1 aliphatic rings. The molecule has 3 aromatic rings. The first-order valence-corrected chi connectivity index (χ1v) is 17.7. The van der Waals surface area contributed by atoms with E-state index in [0.717, 1.165) is 76.8 Å². The van der Waals surface area contributed by atoms with Gasteiger partial charge in [0.1, 0.15) is 11.6 Å². The van der Waals surface area contributed by atoms with Crippen LogP contribution < -0.4 is 9.64 Å². The number of benzene rings is 2. The summed E-state index contributed by atoms with van der Waals surface area (Å²) in [6, 6.07) is 14.7. The van der Waals surface area contributed by atoms with Crippen LogP contribution in [0.15, 0.2) is 48.5 Å². The molecule has 0 amide bonds. The number of piperidine rings is 1. The van der Waals surface area contributed by atoms with Crippen molar-refractivity contribution in [3.05, 3.63) is 76.9 Å². The number of rotatable bonds is 12. The van der Waals surface area contributed by atoms with Gasteiger partial charge in [0.15, 0.2) is 6.10 Å². The Labute approximate surface area is 279 Å². The first kappa shape index (κ1) is 35.7. The van der Waals surface area contributed by atoms with Crippen molar-refractivity contribution in [1.82, 2.24) is 4.98 Å². The minimum absolute atomic E-state index is 0.240. The van der Waals surface area contributed by atoms with Gasteiger partial charge in [-0.1, -0.05) is 38.1 Å². The molecule has 1 aromatic heterocycles. The average molecular weight is 651 g/mol. The summed E-state index contributed by atoms with van der Waals surface area (Å²) < 4.78 is 31.7. The molecule has 0 radical (unpaired) electrons. The van der Waals surface area contributed by atoms with Gasteiger partial charge in [-0.15, -0.1) is 0 Å². The van der Waals surface area contributed by atoms with Crippen LogP contribution in [0.4, 0.5) is 10.1 Å².